The van der Waals surface area contributed by atoms with Gasteiger partial charge in [0.1, 0.15) is 5.75 Å². The van der Waals surface area contributed by atoms with Gasteiger partial charge in [0.25, 0.3) is 0 Å². The molecule has 0 amide bonds. The molecule has 0 bridgehead atoms. The smallest absolute Gasteiger partial charge is 0.115 e. The van der Waals surface area contributed by atoms with Crippen LogP contribution in [0.15, 0.2) is 90.7 Å². The van der Waals surface area contributed by atoms with E-state index >= 15 is 0 Å². The van der Waals surface area contributed by atoms with Gasteiger partial charge in [-0.3, -0.25) is 4.90 Å². The maximum Gasteiger partial charge on any atom is 0.115 e. The summed E-state index contributed by atoms with van der Waals surface area (Å²) in [6, 6.07) is 18.6. The van der Waals surface area contributed by atoms with E-state index in [0.29, 0.717) is 6.42 Å². The molecular formula is C33H42N2O2. The van der Waals surface area contributed by atoms with E-state index < -0.39 is 0 Å². The van der Waals surface area contributed by atoms with E-state index in [-0.39, 0.29) is 12.4 Å². The summed E-state index contributed by atoms with van der Waals surface area (Å²) < 4.78 is 0. The van der Waals surface area contributed by atoms with Gasteiger partial charge in [-0.05, 0) is 78.7 Å². The molecule has 1 aliphatic heterocycles. The monoisotopic (exact) mass is 498 g/mol. The predicted molar refractivity (Wildman–Crippen MR) is 155 cm³/mol. The number of nitrogens with zero attached hydrogens (tertiary/aromatic N) is 2. The third-order valence-electron chi connectivity index (χ3n) is 7.78. The second kappa shape index (κ2) is 13.5. The number of allylic oxidation sites excluding steroid dienone is 6. The van der Waals surface area contributed by atoms with Gasteiger partial charge in [0.05, 0.1) is 0 Å². The van der Waals surface area contributed by atoms with E-state index in [1.54, 1.807) is 12.1 Å². The second-order valence-electron chi connectivity index (χ2n) is 10.1. The molecule has 37 heavy (non-hydrogen) atoms. The maximum absolute atomic E-state index is 9.94. The van der Waals surface area contributed by atoms with E-state index in [4.69, 9.17) is 0 Å². The van der Waals surface area contributed by atoms with E-state index in [0.717, 1.165) is 66.6 Å². The Morgan fingerprint density at radius 1 is 0.919 bits per heavy atom. The van der Waals surface area contributed by atoms with Gasteiger partial charge in [-0.2, -0.15) is 0 Å². The number of rotatable bonds is 10. The third-order valence-corrected chi connectivity index (χ3v) is 7.78. The first-order chi connectivity index (χ1) is 18.1. The largest absolute Gasteiger partial charge is 0.508 e. The van der Waals surface area contributed by atoms with E-state index in [2.05, 4.69) is 65.8 Å². The first-order valence-electron chi connectivity index (χ1n) is 13.8. The molecule has 1 aliphatic carbocycles. The molecule has 2 aromatic carbocycles. The van der Waals surface area contributed by atoms with Gasteiger partial charge in [-0.1, -0.05) is 74.0 Å². The highest BCUT2D eigenvalue weighted by atomic mass is 16.3. The highest BCUT2D eigenvalue weighted by Crippen LogP contribution is 2.36. The molecule has 1 saturated carbocycles. The van der Waals surface area contributed by atoms with Crippen LogP contribution in [0.1, 0.15) is 56.6 Å². The molecular weight excluding hydrogens is 456 g/mol. The molecule has 2 aliphatic rings. The van der Waals surface area contributed by atoms with Crippen molar-refractivity contribution < 1.29 is 10.2 Å². The highest BCUT2D eigenvalue weighted by Gasteiger charge is 2.26. The Kier molecular flexibility index (Phi) is 9.81. The van der Waals surface area contributed by atoms with Crippen LogP contribution in [0.5, 0.6) is 5.75 Å². The van der Waals surface area contributed by atoms with Crippen LogP contribution in [-0.4, -0.2) is 58.8 Å². The summed E-state index contributed by atoms with van der Waals surface area (Å²) in [6.45, 7) is 10.9. The Morgan fingerprint density at radius 2 is 1.59 bits per heavy atom. The molecule has 0 unspecified atom stereocenters. The summed E-state index contributed by atoms with van der Waals surface area (Å²) in [5.41, 5.74) is 6.66. The number of aliphatic hydroxyl groups excluding tert-OH is 1. The van der Waals surface area contributed by atoms with Crippen LogP contribution in [0.25, 0.3) is 11.1 Å². The van der Waals surface area contributed by atoms with Crippen molar-refractivity contribution in [3.05, 3.63) is 102 Å². The fourth-order valence-electron chi connectivity index (χ4n) is 5.71. The standard InChI is InChI=1S/C33H42N2O2/c1-3-27(16-15-26(2)34-21-23-35(24-22-34)30-12-7-8-13-30)33(29-17-19-31(37)20-18-29)32(14-9-25-36)28-10-5-4-6-11-28/h3-6,10-11,15-20,30,36-37H,2,7-9,12-14,21-25H2,1H3/b16-15-,27-3+,33-32+. The summed E-state index contributed by atoms with van der Waals surface area (Å²) in [7, 11) is 0. The summed E-state index contributed by atoms with van der Waals surface area (Å²) in [4.78, 5) is 5.08. The zero-order valence-electron chi connectivity index (χ0n) is 22.3. The average Bonchev–Trinajstić information content (AvgIpc) is 3.49. The van der Waals surface area contributed by atoms with Gasteiger partial charge in [0, 0.05) is 44.5 Å². The molecule has 2 N–H and O–H groups in total. The molecule has 2 fully saturated rings. The minimum absolute atomic E-state index is 0.143. The quantitative estimate of drug-likeness (QED) is 0.284. The number of hydrogen-bond donors (Lipinski definition) is 2. The Hall–Kier alpha value is -3.08. The number of benzene rings is 2. The van der Waals surface area contributed by atoms with Gasteiger partial charge >= 0.3 is 0 Å². The number of aromatic hydroxyl groups is 1. The normalized spacial score (nSPS) is 18.4. The first kappa shape index (κ1) is 27.0. The topological polar surface area (TPSA) is 46.9 Å². The first-order valence-corrected chi connectivity index (χ1v) is 13.8. The lowest BCUT2D eigenvalue weighted by molar-refractivity contribution is 0.120. The van der Waals surface area contributed by atoms with Crippen molar-refractivity contribution in [2.45, 2.75) is 51.5 Å². The van der Waals surface area contributed by atoms with Crippen molar-refractivity contribution in [2.24, 2.45) is 0 Å². The Balaban J connectivity index is 1.60. The van der Waals surface area contributed by atoms with Gasteiger partial charge in [0.2, 0.25) is 0 Å². The maximum atomic E-state index is 9.94. The summed E-state index contributed by atoms with van der Waals surface area (Å²) >= 11 is 0. The molecule has 4 heteroatoms. The predicted octanol–water partition coefficient (Wildman–Crippen LogP) is 6.65. The molecule has 0 radical (unpaired) electrons. The van der Waals surface area contributed by atoms with Crippen molar-refractivity contribution in [3.8, 4) is 5.75 Å². The minimum Gasteiger partial charge on any atom is -0.508 e. The third kappa shape index (κ3) is 7.03. The lowest BCUT2D eigenvalue weighted by atomic mass is 9.86. The van der Waals surface area contributed by atoms with Gasteiger partial charge in [-0.15, -0.1) is 0 Å². The zero-order chi connectivity index (χ0) is 26.0. The Bertz CT molecular complexity index is 1100. The van der Waals surface area contributed by atoms with Crippen molar-refractivity contribution in [3.63, 3.8) is 0 Å². The van der Waals surface area contributed by atoms with E-state index in [9.17, 15) is 10.2 Å². The van der Waals surface area contributed by atoms with Crippen molar-refractivity contribution in [1.29, 1.82) is 0 Å². The molecule has 0 atom stereocenters. The summed E-state index contributed by atoms with van der Waals surface area (Å²) in [5.74, 6) is 0.252. The highest BCUT2D eigenvalue weighted by molar-refractivity contribution is 5.99. The van der Waals surface area contributed by atoms with Gasteiger partial charge in [-0.25, -0.2) is 0 Å². The van der Waals surface area contributed by atoms with Crippen LogP contribution in [-0.2, 0) is 0 Å². The van der Waals surface area contributed by atoms with Gasteiger partial charge in [0.15, 0.2) is 0 Å². The van der Waals surface area contributed by atoms with E-state index in [1.807, 2.05) is 18.2 Å². The zero-order valence-corrected chi connectivity index (χ0v) is 22.3. The van der Waals surface area contributed by atoms with Crippen LogP contribution in [0.4, 0.5) is 0 Å². The number of phenols is 1. The number of piperazine rings is 1. The SMILES string of the molecule is C=C(\C=C/C(=C\C)C(=C(/CCCO)c1ccccc1)/c1ccc(O)cc1)N1CCN(C2CCCC2)CC1. The van der Waals surface area contributed by atoms with Crippen molar-refractivity contribution >= 4 is 11.1 Å². The van der Waals surface area contributed by atoms with Crippen LogP contribution in [0.2, 0.25) is 0 Å². The Labute approximate surface area is 222 Å². The van der Waals surface area contributed by atoms with Crippen LogP contribution >= 0.6 is 0 Å². The fourth-order valence-corrected chi connectivity index (χ4v) is 5.71. The molecule has 0 spiro atoms. The fraction of sp³-hybridized carbons (Fsp3) is 0.394. The number of phenolic OH excluding ortho intramolecular Hbond substituents is 1. The molecule has 1 heterocycles. The lowest BCUT2D eigenvalue weighted by Crippen LogP contribution is -2.48. The molecule has 1 saturated heterocycles. The van der Waals surface area contributed by atoms with Crippen LogP contribution in [0.3, 0.4) is 0 Å². The number of hydrogen-bond acceptors (Lipinski definition) is 4. The van der Waals surface area contributed by atoms with E-state index in [1.165, 1.54) is 31.3 Å². The molecule has 0 aromatic heterocycles. The molecule has 4 rings (SSSR count). The average molecular weight is 499 g/mol. The second-order valence-corrected chi connectivity index (χ2v) is 10.1. The van der Waals surface area contributed by atoms with Gasteiger partial charge < -0.3 is 15.1 Å². The van der Waals surface area contributed by atoms with Crippen molar-refractivity contribution in [1.82, 2.24) is 9.80 Å². The van der Waals surface area contributed by atoms with Crippen molar-refractivity contribution in [2.75, 3.05) is 32.8 Å². The number of aliphatic hydroxyl groups is 1. The lowest BCUT2D eigenvalue weighted by Gasteiger charge is -2.39. The van der Waals surface area contributed by atoms with Crippen LogP contribution in [0, 0.1) is 0 Å². The molecule has 2 aromatic rings. The summed E-state index contributed by atoms with van der Waals surface area (Å²) in [6.07, 6.45) is 13.4. The summed E-state index contributed by atoms with van der Waals surface area (Å²) in [5, 5.41) is 19.6. The molecule has 4 nitrogen and oxygen atoms in total. The Morgan fingerprint density at radius 3 is 2.22 bits per heavy atom. The van der Waals surface area contributed by atoms with Crippen LogP contribution < -0.4 is 0 Å². The molecule has 196 valence electrons. The minimum atomic E-state index is 0.143.